The SMILES string of the molecule is CNc1nc(N)nc(-c2c(-c3ccccc3)oc3ccccc3c2=O)c1C#N. The molecule has 7 heteroatoms. The average Bonchev–Trinajstić information content (AvgIpc) is 2.73. The number of nitrogens with two attached hydrogens (primary N) is 1. The van der Waals surface area contributed by atoms with Crippen LogP contribution in [0.5, 0.6) is 0 Å². The second kappa shape index (κ2) is 6.85. The number of nitrogen functional groups attached to an aromatic ring is 1. The van der Waals surface area contributed by atoms with E-state index in [9.17, 15) is 10.1 Å². The van der Waals surface area contributed by atoms with Crippen LogP contribution in [0, 0.1) is 11.3 Å². The molecule has 7 nitrogen and oxygen atoms in total. The molecule has 2 aromatic heterocycles. The molecule has 136 valence electrons. The third-order valence-electron chi connectivity index (χ3n) is 4.35. The Morgan fingerprint density at radius 1 is 1.07 bits per heavy atom. The van der Waals surface area contributed by atoms with Crippen LogP contribution in [-0.2, 0) is 0 Å². The number of nitrogens with one attached hydrogen (secondary N) is 1. The molecule has 0 aliphatic carbocycles. The van der Waals surface area contributed by atoms with Crippen molar-refractivity contribution >= 4 is 22.7 Å². The van der Waals surface area contributed by atoms with E-state index >= 15 is 0 Å². The number of nitriles is 1. The maximum atomic E-state index is 13.4. The van der Waals surface area contributed by atoms with E-state index in [1.54, 1.807) is 31.3 Å². The first-order valence-corrected chi connectivity index (χ1v) is 8.51. The first-order chi connectivity index (χ1) is 13.6. The molecule has 0 aliphatic rings. The zero-order chi connectivity index (χ0) is 19.7. The molecule has 4 aromatic rings. The Balaban J connectivity index is 2.19. The molecule has 28 heavy (non-hydrogen) atoms. The number of fused-ring (bicyclic) bond motifs is 1. The van der Waals surface area contributed by atoms with E-state index in [-0.39, 0.29) is 34.0 Å². The van der Waals surface area contributed by atoms with Crippen LogP contribution in [0.15, 0.2) is 63.8 Å². The zero-order valence-corrected chi connectivity index (χ0v) is 14.9. The van der Waals surface area contributed by atoms with Crippen molar-refractivity contribution in [2.24, 2.45) is 0 Å². The predicted octanol–water partition coefficient (Wildman–Crippen LogP) is 3.41. The number of benzene rings is 2. The summed E-state index contributed by atoms with van der Waals surface area (Å²) in [7, 11) is 1.62. The van der Waals surface area contributed by atoms with Crippen LogP contribution >= 0.6 is 0 Å². The van der Waals surface area contributed by atoms with Gasteiger partial charge in [0, 0.05) is 12.6 Å². The molecule has 0 amide bonds. The van der Waals surface area contributed by atoms with Crippen molar-refractivity contribution < 1.29 is 4.42 Å². The minimum Gasteiger partial charge on any atom is -0.455 e. The molecular formula is C21H15N5O2. The quantitative estimate of drug-likeness (QED) is 0.568. The predicted molar refractivity (Wildman–Crippen MR) is 108 cm³/mol. The Labute approximate surface area is 160 Å². The Kier molecular flexibility index (Phi) is 4.22. The van der Waals surface area contributed by atoms with Gasteiger partial charge in [-0.25, -0.2) is 4.98 Å². The fourth-order valence-electron chi connectivity index (χ4n) is 3.10. The molecule has 3 N–H and O–H groups in total. The number of rotatable bonds is 3. The Bertz CT molecular complexity index is 1290. The fourth-order valence-corrected chi connectivity index (χ4v) is 3.10. The highest BCUT2D eigenvalue weighted by Gasteiger charge is 2.24. The van der Waals surface area contributed by atoms with Gasteiger partial charge in [0.15, 0.2) is 0 Å². The summed E-state index contributed by atoms with van der Waals surface area (Å²) < 4.78 is 6.10. The molecule has 2 aromatic carbocycles. The molecular weight excluding hydrogens is 354 g/mol. The number of hydrogen-bond acceptors (Lipinski definition) is 7. The van der Waals surface area contributed by atoms with Crippen molar-refractivity contribution in [2.75, 3.05) is 18.1 Å². The van der Waals surface area contributed by atoms with Gasteiger partial charge in [0.25, 0.3) is 0 Å². The standard InChI is InChI=1S/C21H15N5O2/c1-24-20-14(11-22)17(25-21(23)26-20)16-18(27)13-9-5-6-10-15(13)28-19(16)12-7-3-2-4-8-12/h2-10H,1H3,(H3,23,24,25,26). The lowest BCUT2D eigenvalue weighted by Gasteiger charge is -2.13. The highest BCUT2D eigenvalue weighted by atomic mass is 16.3. The summed E-state index contributed by atoms with van der Waals surface area (Å²) >= 11 is 0. The van der Waals surface area contributed by atoms with Crippen LogP contribution in [0.4, 0.5) is 11.8 Å². The summed E-state index contributed by atoms with van der Waals surface area (Å²) in [6, 6.07) is 18.2. The fraction of sp³-hybridized carbons (Fsp3) is 0.0476. The highest BCUT2D eigenvalue weighted by Crippen LogP contribution is 2.34. The van der Waals surface area contributed by atoms with Crippen molar-refractivity contribution in [3.63, 3.8) is 0 Å². The van der Waals surface area contributed by atoms with Gasteiger partial charge < -0.3 is 15.5 Å². The van der Waals surface area contributed by atoms with Gasteiger partial charge in [-0.2, -0.15) is 10.2 Å². The monoisotopic (exact) mass is 369 g/mol. The van der Waals surface area contributed by atoms with Crippen molar-refractivity contribution in [2.45, 2.75) is 0 Å². The van der Waals surface area contributed by atoms with Crippen LogP contribution in [-0.4, -0.2) is 17.0 Å². The molecule has 0 saturated carbocycles. The van der Waals surface area contributed by atoms with Crippen LogP contribution in [0.1, 0.15) is 5.56 Å². The van der Waals surface area contributed by atoms with E-state index in [1.165, 1.54) is 0 Å². The van der Waals surface area contributed by atoms with Gasteiger partial charge in [0.05, 0.1) is 10.9 Å². The number of nitrogens with zero attached hydrogens (tertiary/aromatic N) is 3. The van der Waals surface area contributed by atoms with Crippen molar-refractivity contribution in [3.8, 4) is 28.7 Å². The Hall–Kier alpha value is -4.18. The smallest absolute Gasteiger partial charge is 0.222 e. The minimum atomic E-state index is -0.294. The Morgan fingerprint density at radius 2 is 1.79 bits per heavy atom. The van der Waals surface area contributed by atoms with Gasteiger partial charge in [-0.05, 0) is 12.1 Å². The van der Waals surface area contributed by atoms with Crippen LogP contribution in [0.3, 0.4) is 0 Å². The van der Waals surface area contributed by atoms with Gasteiger partial charge in [-0.15, -0.1) is 0 Å². The second-order valence-electron chi connectivity index (χ2n) is 6.01. The first-order valence-electron chi connectivity index (χ1n) is 8.51. The van der Waals surface area contributed by atoms with E-state index in [2.05, 4.69) is 21.4 Å². The first kappa shape index (κ1) is 17.2. The summed E-state index contributed by atoms with van der Waals surface area (Å²) in [5.74, 6) is 0.516. The Morgan fingerprint density at radius 3 is 2.50 bits per heavy atom. The molecule has 0 radical (unpaired) electrons. The normalized spacial score (nSPS) is 10.6. The van der Waals surface area contributed by atoms with E-state index < -0.39 is 0 Å². The van der Waals surface area contributed by atoms with Gasteiger partial charge in [0.2, 0.25) is 11.4 Å². The van der Waals surface area contributed by atoms with E-state index in [4.69, 9.17) is 10.2 Å². The molecule has 2 heterocycles. The molecule has 0 saturated heterocycles. The van der Waals surface area contributed by atoms with Crippen molar-refractivity contribution in [1.82, 2.24) is 9.97 Å². The van der Waals surface area contributed by atoms with Crippen molar-refractivity contribution in [1.29, 1.82) is 5.26 Å². The number of para-hydroxylation sites is 1. The second-order valence-corrected chi connectivity index (χ2v) is 6.01. The lowest BCUT2D eigenvalue weighted by atomic mass is 9.99. The molecule has 4 rings (SSSR count). The van der Waals surface area contributed by atoms with Gasteiger partial charge >= 0.3 is 0 Å². The van der Waals surface area contributed by atoms with Crippen LogP contribution in [0.25, 0.3) is 33.6 Å². The van der Waals surface area contributed by atoms with Gasteiger partial charge in [-0.1, -0.05) is 42.5 Å². The molecule has 0 fully saturated rings. The maximum absolute atomic E-state index is 13.4. The van der Waals surface area contributed by atoms with E-state index in [0.717, 1.165) is 0 Å². The summed E-state index contributed by atoms with van der Waals surface area (Å²) in [5, 5.41) is 12.9. The topological polar surface area (TPSA) is 118 Å². The van der Waals surface area contributed by atoms with E-state index in [0.29, 0.717) is 22.3 Å². The van der Waals surface area contributed by atoms with Gasteiger partial charge in [0.1, 0.15) is 34.5 Å². The highest BCUT2D eigenvalue weighted by molar-refractivity contribution is 5.90. The lowest BCUT2D eigenvalue weighted by molar-refractivity contribution is 0.620. The van der Waals surface area contributed by atoms with Gasteiger partial charge in [-0.3, -0.25) is 4.79 Å². The minimum absolute atomic E-state index is 0.0510. The number of anilines is 2. The molecule has 0 spiro atoms. The molecule has 0 bridgehead atoms. The summed E-state index contributed by atoms with van der Waals surface area (Å²) in [4.78, 5) is 21.7. The third kappa shape index (κ3) is 2.73. The van der Waals surface area contributed by atoms with Crippen LogP contribution in [0.2, 0.25) is 0 Å². The lowest BCUT2D eigenvalue weighted by Crippen LogP contribution is -2.12. The summed E-state index contributed by atoms with van der Waals surface area (Å²) in [5.41, 5.74) is 7.12. The van der Waals surface area contributed by atoms with E-state index in [1.807, 2.05) is 30.3 Å². The molecule has 0 atom stereocenters. The molecule has 0 aliphatic heterocycles. The summed E-state index contributed by atoms with van der Waals surface area (Å²) in [6.07, 6.45) is 0. The number of hydrogen-bond donors (Lipinski definition) is 2. The maximum Gasteiger partial charge on any atom is 0.222 e. The average molecular weight is 369 g/mol. The molecule has 0 unspecified atom stereocenters. The third-order valence-corrected chi connectivity index (χ3v) is 4.35. The van der Waals surface area contributed by atoms with Crippen LogP contribution < -0.4 is 16.5 Å². The number of aromatic nitrogens is 2. The summed E-state index contributed by atoms with van der Waals surface area (Å²) in [6.45, 7) is 0. The zero-order valence-electron chi connectivity index (χ0n) is 14.9. The largest absolute Gasteiger partial charge is 0.455 e. The van der Waals surface area contributed by atoms with Crippen molar-refractivity contribution in [3.05, 3.63) is 70.4 Å².